The predicted octanol–water partition coefficient (Wildman–Crippen LogP) is 21.5. The maximum atomic E-state index is 10.1. The highest BCUT2D eigenvalue weighted by atomic mass is 35.5. The first kappa shape index (κ1) is 70.7. The van der Waals surface area contributed by atoms with Gasteiger partial charge in [0.1, 0.15) is 67.6 Å². The number of ether oxygens (including phenoxy) is 2. The van der Waals surface area contributed by atoms with Crippen molar-refractivity contribution in [3.63, 3.8) is 0 Å². The molecule has 476 valence electrons. The fourth-order valence-corrected chi connectivity index (χ4v) is 11.5. The number of nitrogens with zero attached hydrogens (tertiary/aromatic N) is 9. The summed E-state index contributed by atoms with van der Waals surface area (Å²) in [6.07, 6.45) is 3.45. The van der Waals surface area contributed by atoms with Crippen LogP contribution >= 0.6 is 128 Å². The Bertz CT molecular complexity index is 4650. The van der Waals surface area contributed by atoms with E-state index in [4.69, 9.17) is 142 Å². The van der Waals surface area contributed by atoms with Gasteiger partial charge in [0.15, 0.2) is 28.7 Å². The molecule has 12 aromatic rings. The summed E-state index contributed by atoms with van der Waals surface area (Å²) in [4.78, 5) is 34.1. The Balaban J connectivity index is 0.000000150. The van der Waals surface area contributed by atoms with Crippen molar-refractivity contribution in [2.45, 2.75) is 39.9 Å². The zero-order valence-corrected chi connectivity index (χ0v) is 58.1. The van der Waals surface area contributed by atoms with Gasteiger partial charge in [-0.25, -0.2) is 34.9 Å². The number of pyridine rings is 7. The molecular formula is C65H54Cl11N11O5. The maximum absolute atomic E-state index is 10.1. The van der Waals surface area contributed by atoms with Crippen molar-refractivity contribution in [1.29, 1.82) is 0 Å². The molecule has 7 aromatic heterocycles. The summed E-state index contributed by atoms with van der Waals surface area (Å²) in [6.45, 7) is 7.78. The number of phenols is 3. The van der Waals surface area contributed by atoms with Gasteiger partial charge in [-0.1, -0.05) is 140 Å². The van der Waals surface area contributed by atoms with Gasteiger partial charge in [0.25, 0.3) is 0 Å². The monoisotopic (exact) mass is 1450 g/mol. The Morgan fingerprint density at radius 1 is 0.359 bits per heavy atom. The molecule has 0 bridgehead atoms. The number of benzene rings is 5. The molecular weight excluding hydrogens is 1400 g/mol. The van der Waals surface area contributed by atoms with Gasteiger partial charge in [-0.3, -0.25) is 0 Å². The van der Waals surface area contributed by atoms with Crippen molar-refractivity contribution in [2.24, 2.45) is 0 Å². The predicted molar refractivity (Wildman–Crippen MR) is 384 cm³/mol. The Labute approximate surface area is 584 Å². The van der Waals surface area contributed by atoms with E-state index >= 15 is 0 Å². The molecule has 5 N–H and O–H groups in total. The number of aromatic nitrogens is 7. The summed E-state index contributed by atoms with van der Waals surface area (Å²) >= 11 is 66.1. The lowest BCUT2D eigenvalue weighted by Crippen LogP contribution is -2.13. The van der Waals surface area contributed by atoms with E-state index in [-0.39, 0.29) is 49.7 Å². The quantitative estimate of drug-likeness (QED) is 0.0809. The lowest BCUT2D eigenvalue weighted by atomic mass is 10.2. The van der Waals surface area contributed by atoms with Crippen LogP contribution in [0.15, 0.2) is 140 Å². The van der Waals surface area contributed by atoms with E-state index < -0.39 is 0 Å². The number of hydrogen-bond donors (Lipinski definition) is 5. The lowest BCUT2D eigenvalue weighted by molar-refractivity contribution is 0.245. The minimum atomic E-state index is -0.103. The second kappa shape index (κ2) is 31.6. The van der Waals surface area contributed by atoms with Crippen molar-refractivity contribution in [3.05, 3.63) is 195 Å². The lowest BCUT2D eigenvalue weighted by Gasteiger charge is -2.19. The Morgan fingerprint density at radius 2 is 0.674 bits per heavy atom. The standard InChI is InChI=1S/C18H17Cl2N3O.C15H11Cl2N3O.C13H14Cl2N2O.C10H8Cl2N2O.C9H4Cl3NO/c1-11(2)24-18-14(20)10-13(19)12-7-8-16(22-17(12)18)23(3)15-6-4-5-9-21-15;1-20(12-4-2-3-7-18-12)13-6-5-9-10(16)8-11(17)15(21)14(9)19-13;1-7(2)18-13-10(15)6-9(14)8-4-5-11(16-3)17-12(8)13;1-13-8-3-2-5-6(11)4-7(12)10(15)9(5)14-8;10-5-3-6(11)9(14)8-4(5)1-2-7(12)13-8/h4-11H,1-3H3;2-8,21H,1H3;4-7H,1-3H3,(H,16,17);2-4,15H,1H3,(H,13,14);1-3,14H. The third-order valence-electron chi connectivity index (χ3n) is 13.1. The molecule has 0 spiro atoms. The summed E-state index contributed by atoms with van der Waals surface area (Å²) in [7, 11) is 7.31. The normalized spacial score (nSPS) is 10.9. The van der Waals surface area contributed by atoms with Gasteiger partial charge in [-0.15, -0.1) is 0 Å². The SMILES string of the molecule is CC(C)Oc1c(Cl)cc(Cl)c2ccc(N(C)c3ccccn3)nc12.CN(c1ccccn1)c1ccc2c(Cl)cc(Cl)c(O)c2n1.CNc1ccc2c(Cl)cc(Cl)c(O)c2n1.CNc1ccc2c(Cl)cc(Cl)c(OC(C)C)c2n1.Oc1c(Cl)cc(Cl)c2ccc(Cl)nc12. The van der Waals surface area contributed by atoms with Gasteiger partial charge >= 0.3 is 0 Å². The Morgan fingerprint density at radius 3 is 1.04 bits per heavy atom. The van der Waals surface area contributed by atoms with E-state index in [1.807, 2.05) is 125 Å². The van der Waals surface area contributed by atoms with Gasteiger partial charge in [0, 0.05) is 67.5 Å². The van der Waals surface area contributed by atoms with E-state index in [0.717, 1.165) is 34.0 Å². The van der Waals surface area contributed by atoms with Crippen molar-refractivity contribution in [2.75, 3.05) is 48.6 Å². The highest BCUT2D eigenvalue weighted by Crippen LogP contribution is 2.43. The highest BCUT2D eigenvalue weighted by molar-refractivity contribution is 6.43. The van der Waals surface area contributed by atoms with Gasteiger partial charge in [-0.2, -0.15) is 0 Å². The Kier molecular flexibility index (Phi) is 24.3. The number of rotatable bonds is 10. The van der Waals surface area contributed by atoms with Crippen LogP contribution < -0.4 is 29.9 Å². The van der Waals surface area contributed by atoms with E-state index in [2.05, 4.69) is 40.5 Å². The topological polar surface area (TPSA) is 200 Å². The molecule has 16 nitrogen and oxygen atoms in total. The minimum absolute atomic E-state index is 0.0203. The van der Waals surface area contributed by atoms with Crippen LogP contribution in [0.3, 0.4) is 0 Å². The summed E-state index contributed by atoms with van der Waals surface area (Å²) in [5, 5.41) is 43.1. The third kappa shape index (κ3) is 16.8. The van der Waals surface area contributed by atoms with Crippen molar-refractivity contribution < 1.29 is 24.8 Å². The Hall–Kier alpha value is -7.16. The number of halogens is 11. The molecule has 0 atom stereocenters. The van der Waals surface area contributed by atoms with Crippen LogP contribution in [-0.4, -0.2) is 90.6 Å². The zero-order chi connectivity index (χ0) is 66.8. The van der Waals surface area contributed by atoms with E-state index in [1.54, 1.807) is 61.9 Å². The van der Waals surface area contributed by atoms with Gasteiger partial charge in [-0.05, 0) is 143 Å². The first-order valence-electron chi connectivity index (χ1n) is 27.4. The van der Waals surface area contributed by atoms with Crippen LogP contribution in [0.5, 0.6) is 28.7 Å². The van der Waals surface area contributed by atoms with E-state index in [9.17, 15) is 15.3 Å². The smallest absolute Gasteiger partial charge is 0.164 e. The number of hydrogen-bond acceptors (Lipinski definition) is 16. The molecule has 0 radical (unpaired) electrons. The van der Waals surface area contributed by atoms with Crippen molar-refractivity contribution in [1.82, 2.24) is 34.9 Å². The first-order valence-corrected chi connectivity index (χ1v) is 31.6. The van der Waals surface area contributed by atoms with Crippen molar-refractivity contribution >= 4 is 217 Å². The second-order valence-electron chi connectivity index (χ2n) is 20.1. The van der Waals surface area contributed by atoms with Gasteiger partial charge in [0.05, 0.1) is 62.4 Å². The first-order chi connectivity index (χ1) is 43.8. The molecule has 0 saturated carbocycles. The fraction of sp³-hybridized carbons (Fsp3) is 0.154. The molecule has 7 heterocycles. The maximum Gasteiger partial charge on any atom is 0.164 e. The molecule has 0 fully saturated rings. The minimum Gasteiger partial charge on any atom is -0.504 e. The summed E-state index contributed by atoms with van der Waals surface area (Å²) < 4.78 is 11.6. The molecule has 92 heavy (non-hydrogen) atoms. The average molecular weight is 1460 g/mol. The summed E-state index contributed by atoms with van der Waals surface area (Å²) in [5.41, 5.74) is 2.40. The van der Waals surface area contributed by atoms with E-state index in [0.29, 0.717) is 102 Å². The van der Waals surface area contributed by atoms with Crippen LogP contribution in [0.25, 0.3) is 54.5 Å². The molecule has 0 amide bonds. The zero-order valence-electron chi connectivity index (χ0n) is 49.8. The molecule has 0 aliphatic heterocycles. The molecule has 12 rings (SSSR count). The molecule has 27 heteroatoms. The van der Waals surface area contributed by atoms with Gasteiger partial charge in [0.2, 0.25) is 0 Å². The van der Waals surface area contributed by atoms with Crippen molar-refractivity contribution in [3.8, 4) is 28.7 Å². The number of anilines is 6. The number of phenolic OH excluding ortho intramolecular Hbond substituents is 3. The summed E-state index contributed by atoms with van der Waals surface area (Å²) in [6, 6.07) is 37.2. The van der Waals surface area contributed by atoms with Crippen LogP contribution in [0.2, 0.25) is 55.4 Å². The number of aromatic hydroxyl groups is 3. The van der Waals surface area contributed by atoms with Crippen LogP contribution in [-0.2, 0) is 0 Å². The fourth-order valence-electron chi connectivity index (χ4n) is 8.64. The summed E-state index contributed by atoms with van der Waals surface area (Å²) in [5.74, 6) is 5.19. The number of nitrogens with one attached hydrogen (secondary N) is 2. The van der Waals surface area contributed by atoms with Crippen LogP contribution in [0.1, 0.15) is 27.7 Å². The highest BCUT2D eigenvalue weighted by Gasteiger charge is 2.20. The molecule has 0 unspecified atom stereocenters. The van der Waals surface area contributed by atoms with Crippen LogP contribution in [0, 0.1) is 0 Å². The van der Waals surface area contributed by atoms with Crippen LogP contribution in [0.4, 0.5) is 34.9 Å². The average Bonchev–Trinajstić information content (AvgIpc) is 0.935. The largest absolute Gasteiger partial charge is 0.504 e. The molecule has 5 aromatic carbocycles. The number of fused-ring (bicyclic) bond motifs is 5. The van der Waals surface area contributed by atoms with Gasteiger partial charge < -0.3 is 45.2 Å². The molecule has 0 aliphatic rings. The second-order valence-corrected chi connectivity index (χ2v) is 24.5. The third-order valence-corrected chi connectivity index (χ3v) is 16.3. The van der Waals surface area contributed by atoms with E-state index in [1.165, 1.54) is 18.2 Å². The molecule has 0 saturated heterocycles. The molecule has 0 aliphatic carbocycles.